The van der Waals surface area contributed by atoms with E-state index < -0.39 is 12.1 Å². The zero-order valence-corrected chi connectivity index (χ0v) is 15.1. The number of ether oxygens (including phenoxy) is 1. The van der Waals surface area contributed by atoms with E-state index >= 15 is 0 Å². The molecular formula is C21H21N3O3. The van der Waals surface area contributed by atoms with Crippen molar-refractivity contribution in [1.29, 1.82) is 0 Å². The molecule has 138 valence electrons. The first-order chi connectivity index (χ1) is 13.2. The summed E-state index contributed by atoms with van der Waals surface area (Å²) in [5, 5.41) is 4.08. The van der Waals surface area contributed by atoms with Crippen molar-refractivity contribution < 1.29 is 14.3 Å². The van der Waals surface area contributed by atoms with Crippen molar-refractivity contribution in [2.75, 3.05) is 19.0 Å². The highest BCUT2D eigenvalue weighted by Crippen LogP contribution is 2.27. The first kappa shape index (κ1) is 17.1. The van der Waals surface area contributed by atoms with Gasteiger partial charge in [0.25, 0.3) is 0 Å². The van der Waals surface area contributed by atoms with E-state index in [-0.39, 0.29) is 5.91 Å². The molecule has 0 aliphatic carbocycles. The fraction of sp³-hybridized carbons (Fsp3) is 0.238. The number of H-pyrrole nitrogens is 1. The van der Waals surface area contributed by atoms with Crippen LogP contribution in [-0.4, -0.2) is 41.6 Å². The van der Waals surface area contributed by atoms with Crippen LogP contribution in [0.2, 0.25) is 0 Å². The summed E-state index contributed by atoms with van der Waals surface area (Å²) >= 11 is 0. The zero-order chi connectivity index (χ0) is 18.8. The van der Waals surface area contributed by atoms with Crippen molar-refractivity contribution in [3.05, 3.63) is 54.7 Å². The number of nitrogens with one attached hydrogen (secondary N) is 2. The van der Waals surface area contributed by atoms with E-state index in [0.29, 0.717) is 18.7 Å². The maximum absolute atomic E-state index is 12.7. The summed E-state index contributed by atoms with van der Waals surface area (Å²) < 4.78 is 4.77. The van der Waals surface area contributed by atoms with Gasteiger partial charge in [0, 0.05) is 23.9 Å². The molecule has 2 N–H and O–H groups in total. The summed E-state index contributed by atoms with van der Waals surface area (Å²) in [6.07, 6.45) is 2.90. The summed E-state index contributed by atoms with van der Waals surface area (Å²) in [7, 11) is 1.33. The van der Waals surface area contributed by atoms with Gasteiger partial charge in [0.2, 0.25) is 5.91 Å². The minimum atomic E-state index is -0.489. The molecule has 1 unspecified atom stereocenters. The Morgan fingerprint density at radius 3 is 2.85 bits per heavy atom. The highest BCUT2D eigenvalue weighted by atomic mass is 16.5. The molecule has 6 heteroatoms. The second kappa shape index (κ2) is 7.15. The van der Waals surface area contributed by atoms with E-state index in [2.05, 4.69) is 22.4 Å². The molecule has 2 amide bonds. The van der Waals surface area contributed by atoms with Gasteiger partial charge in [0.1, 0.15) is 6.04 Å². The van der Waals surface area contributed by atoms with Crippen LogP contribution in [0.15, 0.2) is 54.7 Å². The van der Waals surface area contributed by atoms with Crippen LogP contribution in [0.4, 0.5) is 10.5 Å². The number of likely N-dealkylation sites (tertiary alicyclic amines) is 1. The summed E-state index contributed by atoms with van der Waals surface area (Å²) in [5.74, 6) is -0.184. The van der Waals surface area contributed by atoms with Gasteiger partial charge in [-0.25, -0.2) is 4.79 Å². The van der Waals surface area contributed by atoms with Crippen LogP contribution in [0.25, 0.3) is 22.0 Å². The molecule has 0 bridgehead atoms. The molecule has 4 rings (SSSR count). The van der Waals surface area contributed by atoms with Gasteiger partial charge < -0.3 is 15.0 Å². The SMILES string of the molecule is COC(=O)N1CCCC1C(=O)Nc1cccc(-c2ccc3[nH]ccc3c2)c1. The number of aromatic nitrogens is 1. The molecule has 2 heterocycles. The zero-order valence-electron chi connectivity index (χ0n) is 15.1. The van der Waals surface area contributed by atoms with Crippen molar-refractivity contribution in [2.24, 2.45) is 0 Å². The minimum Gasteiger partial charge on any atom is -0.453 e. The average molecular weight is 363 g/mol. The third-order valence-corrected chi connectivity index (χ3v) is 4.98. The minimum absolute atomic E-state index is 0.184. The number of anilines is 1. The Morgan fingerprint density at radius 2 is 2.00 bits per heavy atom. The summed E-state index contributed by atoms with van der Waals surface area (Å²) in [6.45, 7) is 0.543. The Labute approximate surface area is 157 Å². The molecule has 2 aromatic carbocycles. The Hall–Kier alpha value is -3.28. The van der Waals surface area contributed by atoms with Gasteiger partial charge in [0.05, 0.1) is 7.11 Å². The van der Waals surface area contributed by atoms with Crippen LogP contribution < -0.4 is 5.32 Å². The van der Waals surface area contributed by atoms with E-state index in [1.807, 2.05) is 42.6 Å². The molecule has 0 spiro atoms. The van der Waals surface area contributed by atoms with E-state index in [1.165, 1.54) is 12.0 Å². The molecule has 0 radical (unpaired) electrons. The number of aromatic amines is 1. The first-order valence-corrected chi connectivity index (χ1v) is 8.99. The van der Waals surface area contributed by atoms with Gasteiger partial charge in [0.15, 0.2) is 0 Å². The Bertz CT molecular complexity index is 995. The van der Waals surface area contributed by atoms with Crippen LogP contribution in [-0.2, 0) is 9.53 Å². The number of fused-ring (bicyclic) bond motifs is 1. The van der Waals surface area contributed by atoms with Gasteiger partial charge in [-0.3, -0.25) is 9.69 Å². The second-order valence-electron chi connectivity index (χ2n) is 6.67. The third-order valence-electron chi connectivity index (χ3n) is 4.98. The topological polar surface area (TPSA) is 74.4 Å². The average Bonchev–Trinajstić information content (AvgIpc) is 3.36. The number of benzene rings is 2. The number of methoxy groups -OCH3 is 1. The molecule has 1 aliphatic rings. The van der Waals surface area contributed by atoms with Gasteiger partial charge in [-0.2, -0.15) is 0 Å². The Balaban J connectivity index is 1.54. The van der Waals surface area contributed by atoms with Crippen LogP contribution in [0.3, 0.4) is 0 Å². The van der Waals surface area contributed by atoms with Crippen molar-refractivity contribution in [2.45, 2.75) is 18.9 Å². The largest absolute Gasteiger partial charge is 0.453 e. The number of hydrogen-bond donors (Lipinski definition) is 2. The quantitative estimate of drug-likeness (QED) is 0.738. The van der Waals surface area contributed by atoms with Crippen LogP contribution in [0.5, 0.6) is 0 Å². The van der Waals surface area contributed by atoms with Gasteiger partial charge in [-0.15, -0.1) is 0 Å². The highest BCUT2D eigenvalue weighted by Gasteiger charge is 2.34. The standard InChI is InChI=1S/C21H21N3O3/c1-27-21(26)24-11-3-6-19(24)20(25)23-17-5-2-4-14(13-17)15-7-8-18-16(12-15)9-10-22-18/h2,4-5,7-10,12-13,19,22H,3,6,11H2,1H3,(H,23,25). The normalized spacial score (nSPS) is 16.5. The number of amides is 2. The Morgan fingerprint density at radius 1 is 1.15 bits per heavy atom. The lowest BCUT2D eigenvalue weighted by Gasteiger charge is -2.22. The molecule has 0 saturated carbocycles. The fourth-order valence-electron chi connectivity index (χ4n) is 3.61. The monoisotopic (exact) mass is 363 g/mol. The molecular weight excluding hydrogens is 342 g/mol. The van der Waals surface area contributed by atoms with Gasteiger partial charge in [-0.1, -0.05) is 18.2 Å². The lowest BCUT2D eigenvalue weighted by molar-refractivity contribution is -0.119. The van der Waals surface area contributed by atoms with Crippen molar-refractivity contribution >= 4 is 28.6 Å². The molecule has 1 fully saturated rings. The maximum atomic E-state index is 12.7. The van der Waals surface area contributed by atoms with E-state index in [4.69, 9.17) is 4.74 Å². The summed E-state index contributed by atoms with van der Waals surface area (Å²) in [4.78, 5) is 29.2. The molecule has 6 nitrogen and oxygen atoms in total. The summed E-state index contributed by atoms with van der Waals surface area (Å²) in [6, 6.07) is 15.5. The number of carbonyl (C=O) groups excluding carboxylic acids is 2. The first-order valence-electron chi connectivity index (χ1n) is 8.99. The lowest BCUT2D eigenvalue weighted by Crippen LogP contribution is -2.43. The lowest BCUT2D eigenvalue weighted by atomic mass is 10.0. The number of rotatable bonds is 3. The van der Waals surface area contributed by atoms with Crippen molar-refractivity contribution in [3.63, 3.8) is 0 Å². The number of hydrogen-bond acceptors (Lipinski definition) is 3. The smallest absolute Gasteiger partial charge is 0.410 e. The van der Waals surface area contributed by atoms with Crippen LogP contribution >= 0.6 is 0 Å². The number of nitrogens with zero attached hydrogens (tertiary/aromatic N) is 1. The van der Waals surface area contributed by atoms with Crippen LogP contribution in [0, 0.1) is 0 Å². The number of carbonyl (C=O) groups is 2. The van der Waals surface area contributed by atoms with Gasteiger partial charge >= 0.3 is 6.09 Å². The molecule has 1 aliphatic heterocycles. The maximum Gasteiger partial charge on any atom is 0.410 e. The highest BCUT2D eigenvalue weighted by molar-refractivity contribution is 5.97. The van der Waals surface area contributed by atoms with Crippen LogP contribution in [0.1, 0.15) is 12.8 Å². The predicted octanol–water partition coefficient (Wildman–Crippen LogP) is 4.00. The molecule has 1 atom stereocenters. The third kappa shape index (κ3) is 3.38. The van der Waals surface area contributed by atoms with Crippen molar-refractivity contribution in [1.82, 2.24) is 9.88 Å². The Kier molecular flexibility index (Phi) is 4.54. The van der Waals surface area contributed by atoms with E-state index in [1.54, 1.807) is 0 Å². The fourth-order valence-corrected chi connectivity index (χ4v) is 3.61. The second-order valence-corrected chi connectivity index (χ2v) is 6.67. The molecule has 27 heavy (non-hydrogen) atoms. The molecule has 1 saturated heterocycles. The molecule has 1 aromatic heterocycles. The van der Waals surface area contributed by atoms with Crippen molar-refractivity contribution in [3.8, 4) is 11.1 Å². The van der Waals surface area contributed by atoms with E-state index in [9.17, 15) is 9.59 Å². The summed E-state index contributed by atoms with van der Waals surface area (Å²) in [5.41, 5.74) is 3.90. The van der Waals surface area contributed by atoms with Gasteiger partial charge in [-0.05, 0) is 59.7 Å². The molecule has 3 aromatic rings. The van der Waals surface area contributed by atoms with E-state index in [0.717, 1.165) is 28.5 Å². The predicted molar refractivity (Wildman–Crippen MR) is 104 cm³/mol.